The third-order valence-electron chi connectivity index (χ3n) is 2.98. The fourth-order valence-corrected chi connectivity index (χ4v) is 2.36. The molecule has 1 heterocycles. The topological polar surface area (TPSA) is 20.3 Å². The summed E-state index contributed by atoms with van der Waals surface area (Å²) < 4.78 is 0. The Morgan fingerprint density at radius 1 is 1.41 bits per heavy atom. The Kier molecular flexibility index (Phi) is 3.75. The fraction of sp³-hybridized carbons (Fsp3) is 0.308. The summed E-state index contributed by atoms with van der Waals surface area (Å²) in [4.78, 5) is 13.5. The number of hydrogen-bond donors (Lipinski definition) is 0. The van der Waals surface area contributed by atoms with Crippen molar-refractivity contribution in [3.8, 4) is 0 Å². The summed E-state index contributed by atoms with van der Waals surface area (Å²) in [6.45, 7) is 4.32. The fourth-order valence-electron chi connectivity index (χ4n) is 2.04. The molecule has 0 aliphatic carbocycles. The van der Waals surface area contributed by atoms with Crippen molar-refractivity contribution in [1.29, 1.82) is 0 Å². The second kappa shape index (κ2) is 5.11. The molecular weight excluding hydrogens is 257 g/mol. The third kappa shape index (κ3) is 2.64. The first-order chi connectivity index (χ1) is 8.11. The van der Waals surface area contributed by atoms with Crippen molar-refractivity contribution in [3.63, 3.8) is 0 Å². The Morgan fingerprint density at radius 2 is 2.18 bits per heavy atom. The average molecular weight is 270 g/mol. The molecule has 0 spiro atoms. The minimum absolute atomic E-state index is 0.136. The molecule has 1 fully saturated rings. The first-order valence-corrected chi connectivity index (χ1v) is 6.23. The normalized spacial score (nSPS) is 19.8. The highest BCUT2D eigenvalue weighted by Crippen LogP contribution is 2.26. The van der Waals surface area contributed by atoms with E-state index in [1.807, 2.05) is 17.0 Å². The first kappa shape index (κ1) is 12.5. The van der Waals surface area contributed by atoms with Crippen molar-refractivity contribution in [1.82, 2.24) is 4.90 Å². The zero-order valence-electron chi connectivity index (χ0n) is 9.33. The van der Waals surface area contributed by atoms with Crippen LogP contribution in [0.25, 0.3) is 0 Å². The van der Waals surface area contributed by atoms with Gasteiger partial charge >= 0.3 is 0 Å². The van der Waals surface area contributed by atoms with Crippen molar-refractivity contribution in [2.75, 3.05) is 0 Å². The molecule has 0 unspecified atom stereocenters. The summed E-state index contributed by atoms with van der Waals surface area (Å²) in [7, 11) is 0. The standard InChI is InChI=1S/C13H13Cl2NO/c1-2-10-4-6-13(17)16(10)8-9-3-5-11(14)12(15)7-9/h2-3,5,7,10H,1,4,6,8H2/t10-/m1/s1. The highest BCUT2D eigenvalue weighted by molar-refractivity contribution is 6.42. The number of carbonyl (C=O) groups is 1. The van der Waals surface area contributed by atoms with Crippen molar-refractivity contribution in [2.24, 2.45) is 0 Å². The van der Waals surface area contributed by atoms with Crippen LogP contribution in [0.2, 0.25) is 10.0 Å². The summed E-state index contributed by atoms with van der Waals surface area (Å²) in [5.74, 6) is 0.168. The van der Waals surface area contributed by atoms with Gasteiger partial charge in [0.2, 0.25) is 5.91 Å². The van der Waals surface area contributed by atoms with Gasteiger partial charge in [-0.3, -0.25) is 4.79 Å². The number of nitrogens with zero attached hydrogens (tertiary/aromatic N) is 1. The molecule has 0 aromatic heterocycles. The number of carbonyl (C=O) groups excluding carboxylic acids is 1. The van der Waals surface area contributed by atoms with Gasteiger partial charge < -0.3 is 4.90 Å². The number of hydrogen-bond acceptors (Lipinski definition) is 1. The molecule has 1 aliphatic rings. The largest absolute Gasteiger partial charge is 0.332 e. The van der Waals surface area contributed by atoms with Crippen LogP contribution >= 0.6 is 23.2 Å². The van der Waals surface area contributed by atoms with Crippen molar-refractivity contribution >= 4 is 29.1 Å². The van der Waals surface area contributed by atoms with Gasteiger partial charge in [-0.15, -0.1) is 6.58 Å². The van der Waals surface area contributed by atoms with Gasteiger partial charge in [0.05, 0.1) is 16.1 Å². The van der Waals surface area contributed by atoms with Gasteiger partial charge in [0.25, 0.3) is 0 Å². The lowest BCUT2D eigenvalue weighted by Crippen LogP contribution is -2.30. The molecule has 1 atom stereocenters. The number of halogens is 2. The van der Waals surface area contributed by atoms with Crippen LogP contribution in [0.3, 0.4) is 0 Å². The summed E-state index contributed by atoms with van der Waals surface area (Å²) in [6.07, 6.45) is 3.27. The molecule has 17 heavy (non-hydrogen) atoms. The molecule has 4 heteroatoms. The molecule has 1 aromatic carbocycles. The maximum absolute atomic E-state index is 11.7. The zero-order chi connectivity index (χ0) is 12.4. The highest BCUT2D eigenvalue weighted by atomic mass is 35.5. The van der Waals surface area contributed by atoms with Gasteiger partial charge in [0.1, 0.15) is 0 Å². The maximum atomic E-state index is 11.7. The number of likely N-dealkylation sites (tertiary alicyclic amines) is 1. The molecule has 2 nitrogen and oxygen atoms in total. The first-order valence-electron chi connectivity index (χ1n) is 5.48. The van der Waals surface area contributed by atoms with Crippen LogP contribution in [-0.4, -0.2) is 16.8 Å². The molecule has 1 amide bonds. The van der Waals surface area contributed by atoms with Crippen LogP contribution in [0, 0.1) is 0 Å². The Labute approximate surface area is 111 Å². The number of amides is 1. The molecule has 2 rings (SSSR count). The smallest absolute Gasteiger partial charge is 0.223 e. The summed E-state index contributed by atoms with van der Waals surface area (Å²) >= 11 is 11.8. The zero-order valence-corrected chi connectivity index (χ0v) is 10.8. The van der Waals surface area contributed by atoms with Crippen LogP contribution < -0.4 is 0 Å². The molecule has 1 aliphatic heterocycles. The van der Waals surface area contributed by atoms with Crippen molar-refractivity contribution < 1.29 is 4.79 Å². The van der Waals surface area contributed by atoms with Gasteiger partial charge in [-0.1, -0.05) is 35.3 Å². The SMILES string of the molecule is C=C[C@@H]1CCC(=O)N1Cc1ccc(Cl)c(Cl)c1. The van der Waals surface area contributed by atoms with Crippen LogP contribution in [0.5, 0.6) is 0 Å². The second-order valence-electron chi connectivity index (χ2n) is 4.11. The van der Waals surface area contributed by atoms with Crippen LogP contribution in [0.15, 0.2) is 30.9 Å². The van der Waals surface area contributed by atoms with E-state index in [9.17, 15) is 4.79 Å². The molecule has 1 aromatic rings. The summed E-state index contributed by atoms with van der Waals surface area (Å²) in [6, 6.07) is 5.58. The number of benzene rings is 1. The molecule has 1 saturated heterocycles. The second-order valence-corrected chi connectivity index (χ2v) is 4.93. The van der Waals surface area contributed by atoms with Gasteiger partial charge in [0, 0.05) is 13.0 Å². The lowest BCUT2D eigenvalue weighted by Gasteiger charge is -2.22. The average Bonchev–Trinajstić information content (AvgIpc) is 2.65. The van der Waals surface area contributed by atoms with E-state index in [0.717, 1.165) is 12.0 Å². The van der Waals surface area contributed by atoms with E-state index in [4.69, 9.17) is 23.2 Å². The van der Waals surface area contributed by atoms with Gasteiger partial charge in [-0.05, 0) is 24.1 Å². The molecule has 0 radical (unpaired) electrons. The van der Waals surface area contributed by atoms with Gasteiger partial charge in [0.15, 0.2) is 0 Å². The lowest BCUT2D eigenvalue weighted by atomic mass is 10.2. The van der Waals surface area contributed by atoms with E-state index >= 15 is 0 Å². The monoisotopic (exact) mass is 269 g/mol. The van der Waals surface area contributed by atoms with E-state index in [2.05, 4.69) is 6.58 Å². The molecule has 90 valence electrons. The van der Waals surface area contributed by atoms with E-state index < -0.39 is 0 Å². The van der Waals surface area contributed by atoms with Gasteiger partial charge in [-0.2, -0.15) is 0 Å². The summed E-state index contributed by atoms with van der Waals surface area (Å²) in [5, 5.41) is 1.05. The third-order valence-corrected chi connectivity index (χ3v) is 3.72. The molecule has 0 N–H and O–H groups in total. The molecule has 0 bridgehead atoms. The highest BCUT2D eigenvalue weighted by Gasteiger charge is 2.28. The Morgan fingerprint density at radius 3 is 2.82 bits per heavy atom. The van der Waals surface area contributed by atoms with E-state index in [1.165, 1.54) is 0 Å². The van der Waals surface area contributed by atoms with Crippen molar-refractivity contribution in [3.05, 3.63) is 46.5 Å². The minimum atomic E-state index is 0.136. The lowest BCUT2D eigenvalue weighted by molar-refractivity contribution is -0.129. The van der Waals surface area contributed by atoms with Crippen LogP contribution in [0.4, 0.5) is 0 Å². The minimum Gasteiger partial charge on any atom is -0.332 e. The van der Waals surface area contributed by atoms with Gasteiger partial charge in [-0.25, -0.2) is 0 Å². The van der Waals surface area contributed by atoms with Crippen molar-refractivity contribution in [2.45, 2.75) is 25.4 Å². The summed E-state index contributed by atoms with van der Waals surface area (Å²) in [5.41, 5.74) is 0.988. The Balaban J connectivity index is 2.16. The van der Waals surface area contributed by atoms with E-state index in [-0.39, 0.29) is 11.9 Å². The molecule has 0 saturated carbocycles. The Hall–Kier alpha value is -0.990. The van der Waals surface area contributed by atoms with Crippen LogP contribution in [-0.2, 0) is 11.3 Å². The predicted molar refractivity (Wildman–Crippen MR) is 70.2 cm³/mol. The van der Waals surface area contributed by atoms with E-state index in [0.29, 0.717) is 23.0 Å². The number of rotatable bonds is 3. The quantitative estimate of drug-likeness (QED) is 0.767. The maximum Gasteiger partial charge on any atom is 0.223 e. The van der Waals surface area contributed by atoms with E-state index in [1.54, 1.807) is 12.1 Å². The predicted octanol–water partition coefficient (Wildman–Crippen LogP) is 3.67. The Bertz CT molecular complexity index is 459. The molecular formula is C13H13Cl2NO. The van der Waals surface area contributed by atoms with Crippen LogP contribution in [0.1, 0.15) is 18.4 Å².